The van der Waals surface area contributed by atoms with Crippen LogP contribution in [0.4, 0.5) is 0 Å². The first-order valence-electron chi connectivity index (χ1n) is 7.68. The van der Waals surface area contributed by atoms with Crippen LogP contribution in [0.5, 0.6) is 0 Å². The average molecular weight is 351 g/mol. The molecule has 6 heteroatoms. The van der Waals surface area contributed by atoms with Crippen molar-refractivity contribution in [2.24, 2.45) is 5.73 Å². The van der Waals surface area contributed by atoms with Gasteiger partial charge in [0.05, 0.1) is 16.6 Å². The first-order chi connectivity index (χ1) is 12.0. The monoisotopic (exact) mass is 351 g/mol. The number of fused-ring (bicyclic) bond motifs is 1. The molecule has 2 N–H and O–H groups in total. The molecule has 0 spiro atoms. The van der Waals surface area contributed by atoms with Gasteiger partial charge in [0.25, 0.3) is 5.56 Å². The second kappa shape index (κ2) is 6.94. The summed E-state index contributed by atoms with van der Waals surface area (Å²) >= 11 is 1.43. The third-order valence-corrected chi connectivity index (χ3v) is 4.65. The van der Waals surface area contributed by atoms with E-state index in [2.05, 4.69) is 11.6 Å². The normalized spacial score (nSPS) is 10.8. The summed E-state index contributed by atoms with van der Waals surface area (Å²) in [4.78, 5) is 29.2. The SMILES string of the molecule is C=CCSc1nc2ccc(C(N)=O)cc2c(=O)n1-c1cccc(C)c1. The van der Waals surface area contributed by atoms with Gasteiger partial charge < -0.3 is 5.73 Å². The maximum atomic E-state index is 13.1. The lowest BCUT2D eigenvalue weighted by Crippen LogP contribution is -2.22. The van der Waals surface area contributed by atoms with Crippen LogP contribution in [0.15, 0.2) is 65.1 Å². The fourth-order valence-corrected chi connectivity index (χ4v) is 3.29. The quantitative estimate of drug-likeness (QED) is 0.435. The Morgan fingerprint density at radius 1 is 1.32 bits per heavy atom. The third kappa shape index (κ3) is 3.34. The van der Waals surface area contributed by atoms with Crippen LogP contribution >= 0.6 is 11.8 Å². The van der Waals surface area contributed by atoms with Crippen molar-refractivity contribution in [2.45, 2.75) is 12.1 Å². The van der Waals surface area contributed by atoms with E-state index in [0.717, 1.165) is 11.3 Å². The average Bonchev–Trinajstić information content (AvgIpc) is 2.59. The predicted molar refractivity (Wildman–Crippen MR) is 102 cm³/mol. The summed E-state index contributed by atoms with van der Waals surface area (Å²) in [5, 5.41) is 0.940. The van der Waals surface area contributed by atoms with Crippen LogP contribution in [0.25, 0.3) is 16.6 Å². The van der Waals surface area contributed by atoms with Crippen LogP contribution in [0.1, 0.15) is 15.9 Å². The van der Waals surface area contributed by atoms with Crippen molar-refractivity contribution in [3.05, 3.63) is 76.6 Å². The van der Waals surface area contributed by atoms with E-state index in [4.69, 9.17) is 5.73 Å². The molecule has 0 fully saturated rings. The number of hydrogen-bond acceptors (Lipinski definition) is 4. The Balaban J connectivity index is 2.33. The van der Waals surface area contributed by atoms with E-state index in [9.17, 15) is 9.59 Å². The molecule has 0 aliphatic rings. The molecule has 126 valence electrons. The zero-order chi connectivity index (χ0) is 18.0. The highest BCUT2D eigenvalue weighted by Gasteiger charge is 2.14. The first-order valence-corrected chi connectivity index (χ1v) is 8.67. The Kier molecular flexibility index (Phi) is 4.72. The lowest BCUT2D eigenvalue weighted by atomic mass is 10.1. The molecule has 0 aliphatic carbocycles. The summed E-state index contributed by atoms with van der Waals surface area (Å²) in [5.41, 5.74) is 7.69. The van der Waals surface area contributed by atoms with Crippen molar-refractivity contribution in [1.82, 2.24) is 9.55 Å². The second-order valence-corrected chi connectivity index (χ2v) is 6.56. The Labute approximate surface area is 149 Å². The van der Waals surface area contributed by atoms with Crippen LogP contribution in [0, 0.1) is 6.92 Å². The first kappa shape index (κ1) is 17.0. The maximum Gasteiger partial charge on any atom is 0.266 e. The van der Waals surface area contributed by atoms with Crippen LogP contribution in [-0.4, -0.2) is 21.2 Å². The minimum absolute atomic E-state index is 0.231. The van der Waals surface area contributed by atoms with E-state index >= 15 is 0 Å². The summed E-state index contributed by atoms with van der Waals surface area (Å²) < 4.78 is 1.56. The summed E-state index contributed by atoms with van der Waals surface area (Å²) in [6.07, 6.45) is 1.76. The highest BCUT2D eigenvalue weighted by Crippen LogP contribution is 2.22. The van der Waals surface area contributed by atoms with Crippen LogP contribution < -0.4 is 11.3 Å². The number of primary amides is 1. The number of carbonyl (C=O) groups is 1. The number of amides is 1. The molecule has 1 amide bonds. The summed E-state index contributed by atoms with van der Waals surface area (Å²) in [5.74, 6) is 0.0527. The molecule has 1 heterocycles. The zero-order valence-electron chi connectivity index (χ0n) is 13.7. The van der Waals surface area contributed by atoms with Gasteiger partial charge in [-0.2, -0.15) is 0 Å². The minimum Gasteiger partial charge on any atom is -0.366 e. The number of aryl methyl sites for hydroxylation is 1. The minimum atomic E-state index is -0.575. The van der Waals surface area contributed by atoms with Crippen molar-refractivity contribution < 1.29 is 4.79 Å². The number of benzene rings is 2. The van der Waals surface area contributed by atoms with Crippen LogP contribution in [0.2, 0.25) is 0 Å². The van der Waals surface area contributed by atoms with Gasteiger partial charge in [0.2, 0.25) is 5.91 Å². The molecular weight excluding hydrogens is 334 g/mol. The fraction of sp³-hybridized carbons (Fsp3) is 0.105. The molecular formula is C19H17N3O2S. The Morgan fingerprint density at radius 2 is 2.12 bits per heavy atom. The summed E-state index contributed by atoms with van der Waals surface area (Å²) in [6.45, 7) is 5.68. The molecule has 5 nitrogen and oxygen atoms in total. The van der Waals surface area contributed by atoms with Gasteiger partial charge in [-0.05, 0) is 42.8 Å². The van der Waals surface area contributed by atoms with Crippen molar-refractivity contribution in [3.63, 3.8) is 0 Å². The fourth-order valence-electron chi connectivity index (χ4n) is 2.54. The van der Waals surface area contributed by atoms with Gasteiger partial charge in [-0.15, -0.1) is 6.58 Å². The largest absolute Gasteiger partial charge is 0.366 e. The molecule has 0 saturated heterocycles. The van der Waals surface area contributed by atoms with E-state index < -0.39 is 5.91 Å². The highest BCUT2D eigenvalue weighted by molar-refractivity contribution is 7.99. The molecule has 0 radical (unpaired) electrons. The predicted octanol–water partition coefficient (Wildman–Crippen LogP) is 3.07. The van der Waals surface area contributed by atoms with Crippen molar-refractivity contribution >= 4 is 28.6 Å². The molecule has 1 aromatic heterocycles. The van der Waals surface area contributed by atoms with E-state index in [1.165, 1.54) is 17.8 Å². The number of thioether (sulfide) groups is 1. The number of nitrogens with two attached hydrogens (primary N) is 1. The highest BCUT2D eigenvalue weighted by atomic mass is 32.2. The molecule has 0 saturated carbocycles. The van der Waals surface area contributed by atoms with E-state index in [1.807, 2.05) is 31.2 Å². The number of nitrogens with zero attached hydrogens (tertiary/aromatic N) is 2. The molecule has 0 atom stereocenters. The number of carbonyl (C=O) groups excluding carboxylic acids is 1. The van der Waals surface area contributed by atoms with E-state index in [-0.39, 0.29) is 11.1 Å². The number of hydrogen-bond donors (Lipinski definition) is 1. The maximum absolute atomic E-state index is 13.1. The van der Waals surface area contributed by atoms with Gasteiger partial charge in [0, 0.05) is 11.3 Å². The summed E-state index contributed by atoms with van der Waals surface area (Å²) in [7, 11) is 0. The van der Waals surface area contributed by atoms with Crippen molar-refractivity contribution in [3.8, 4) is 5.69 Å². The summed E-state index contributed by atoms with van der Waals surface area (Å²) in [6, 6.07) is 12.4. The van der Waals surface area contributed by atoms with E-state index in [1.54, 1.807) is 22.8 Å². The standard InChI is InChI=1S/C19H17N3O2S/c1-3-9-25-19-21-16-8-7-13(17(20)23)11-15(16)18(24)22(19)14-6-4-5-12(2)10-14/h3-8,10-11H,1,9H2,2H3,(H2,20,23). The second-order valence-electron chi connectivity index (χ2n) is 5.57. The molecule has 0 aliphatic heterocycles. The van der Waals surface area contributed by atoms with Crippen LogP contribution in [-0.2, 0) is 0 Å². The lowest BCUT2D eigenvalue weighted by molar-refractivity contribution is 0.100. The van der Waals surface area contributed by atoms with Gasteiger partial charge in [-0.3, -0.25) is 14.2 Å². The Morgan fingerprint density at radius 3 is 2.80 bits per heavy atom. The van der Waals surface area contributed by atoms with E-state index in [0.29, 0.717) is 21.8 Å². The molecule has 0 bridgehead atoms. The third-order valence-electron chi connectivity index (χ3n) is 3.71. The zero-order valence-corrected chi connectivity index (χ0v) is 14.5. The van der Waals surface area contributed by atoms with Crippen molar-refractivity contribution in [2.75, 3.05) is 5.75 Å². The van der Waals surface area contributed by atoms with Gasteiger partial charge in [-0.25, -0.2) is 4.98 Å². The topological polar surface area (TPSA) is 78.0 Å². The lowest BCUT2D eigenvalue weighted by Gasteiger charge is -2.13. The van der Waals surface area contributed by atoms with Gasteiger partial charge in [0.15, 0.2) is 5.16 Å². The van der Waals surface area contributed by atoms with Crippen molar-refractivity contribution in [1.29, 1.82) is 0 Å². The molecule has 3 rings (SSSR count). The molecule has 2 aromatic carbocycles. The molecule has 3 aromatic rings. The molecule has 25 heavy (non-hydrogen) atoms. The number of rotatable bonds is 5. The van der Waals surface area contributed by atoms with Gasteiger partial charge in [-0.1, -0.05) is 30.0 Å². The number of aromatic nitrogens is 2. The van der Waals surface area contributed by atoms with Gasteiger partial charge in [0.1, 0.15) is 0 Å². The molecule has 0 unspecified atom stereocenters. The Bertz CT molecular complexity index is 1040. The smallest absolute Gasteiger partial charge is 0.266 e. The Hall–Kier alpha value is -2.86. The van der Waals surface area contributed by atoms with Gasteiger partial charge >= 0.3 is 0 Å². The van der Waals surface area contributed by atoms with Crippen LogP contribution in [0.3, 0.4) is 0 Å².